The van der Waals surface area contributed by atoms with Crippen LogP contribution in [0.4, 0.5) is 0 Å². The standard InChI is InChI=1S/C25H34O5Si/c1-24(2,3)31(5,6)30-18-10-8-13-14(18)7-9-17-15(13)11-19-20-16(12-29-19)21(26)22(27)23(28)25(17,20)4/h7,9,12,18,21-23,26-28H,8,10-11H2,1-6H3/t18?,21-,22-,23-,25-/m1/s1. The lowest BCUT2D eigenvalue weighted by molar-refractivity contribution is -0.0935. The van der Waals surface area contributed by atoms with E-state index in [-0.39, 0.29) is 11.1 Å². The van der Waals surface area contributed by atoms with Crippen LogP contribution in [-0.4, -0.2) is 35.8 Å². The molecule has 6 heteroatoms. The topological polar surface area (TPSA) is 83.1 Å². The van der Waals surface area contributed by atoms with Gasteiger partial charge in [-0.3, -0.25) is 0 Å². The SMILES string of the molecule is CC(C)(C)[Si](C)(C)OC1CCc2c1ccc1c2Cc2occ3c2[C@]1(C)[C@H](O)[C@H](O)[C@@H]3O. The minimum atomic E-state index is -1.90. The lowest BCUT2D eigenvalue weighted by Crippen LogP contribution is -2.53. The van der Waals surface area contributed by atoms with E-state index in [0.717, 1.165) is 29.7 Å². The zero-order valence-corrected chi connectivity index (χ0v) is 20.3. The molecule has 0 amide bonds. The predicted octanol–water partition coefficient (Wildman–Crippen LogP) is 4.27. The molecule has 5 nitrogen and oxygen atoms in total. The third-order valence-corrected chi connectivity index (χ3v) is 13.1. The summed E-state index contributed by atoms with van der Waals surface area (Å²) in [5, 5.41) is 32.4. The van der Waals surface area contributed by atoms with Gasteiger partial charge in [0.2, 0.25) is 0 Å². The van der Waals surface area contributed by atoms with Crippen molar-refractivity contribution in [3.05, 3.63) is 57.5 Å². The second-order valence-electron chi connectivity index (χ2n) is 11.3. The van der Waals surface area contributed by atoms with Crippen molar-refractivity contribution in [2.45, 2.75) is 94.9 Å². The molecule has 168 valence electrons. The highest BCUT2D eigenvalue weighted by Crippen LogP contribution is 2.55. The first-order valence-electron chi connectivity index (χ1n) is 11.4. The smallest absolute Gasteiger partial charge is 0.192 e. The molecule has 1 aromatic heterocycles. The minimum absolute atomic E-state index is 0.103. The first-order chi connectivity index (χ1) is 14.4. The second kappa shape index (κ2) is 6.55. The summed E-state index contributed by atoms with van der Waals surface area (Å²) in [7, 11) is -1.90. The van der Waals surface area contributed by atoms with Crippen molar-refractivity contribution in [2.75, 3.05) is 0 Å². The van der Waals surface area contributed by atoms with E-state index < -0.39 is 32.0 Å². The Hall–Kier alpha value is -1.44. The van der Waals surface area contributed by atoms with Gasteiger partial charge in [0, 0.05) is 17.5 Å². The van der Waals surface area contributed by atoms with E-state index in [1.807, 2.05) is 6.92 Å². The summed E-state index contributed by atoms with van der Waals surface area (Å²) >= 11 is 0. The largest absolute Gasteiger partial charge is 0.468 e. The summed E-state index contributed by atoms with van der Waals surface area (Å²) in [6, 6.07) is 4.27. The summed E-state index contributed by atoms with van der Waals surface area (Å²) in [5.41, 5.74) is 5.42. The number of hydrogen-bond acceptors (Lipinski definition) is 5. The van der Waals surface area contributed by atoms with Gasteiger partial charge in [-0.2, -0.15) is 0 Å². The van der Waals surface area contributed by atoms with Crippen LogP contribution in [0.3, 0.4) is 0 Å². The number of aliphatic hydroxyl groups is 3. The van der Waals surface area contributed by atoms with Crippen LogP contribution in [0.15, 0.2) is 22.8 Å². The molecule has 3 aliphatic rings. The quantitative estimate of drug-likeness (QED) is 0.605. The molecule has 0 saturated carbocycles. The summed E-state index contributed by atoms with van der Waals surface area (Å²) in [5.74, 6) is 0.789. The third-order valence-electron chi connectivity index (χ3n) is 8.58. The monoisotopic (exact) mass is 442 g/mol. The van der Waals surface area contributed by atoms with Crippen LogP contribution in [0.25, 0.3) is 0 Å². The molecule has 0 fully saturated rings. The summed E-state index contributed by atoms with van der Waals surface area (Å²) in [6.45, 7) is 13.4. The lowest BCUT2D eigenvalue weighted by atomic mass is 9.59. The number of hydrogen-bond donors (Lipinski definition) is 3. The van der Waals surface area contributed by atoms with Crippen LogP contribution < -0.4 is 0 Å². The van der Waals surface area contributed by atoms with Crippen LogP contribution in [0.1, 0.15) is 85.5 Å². The van der Waals surface area contributed by atoms with Crippen LogP contribution in [0.2, 0.25) is 18.1 Å². The van der Waals surface area contributed by atoms with E-state index in [1.165, 1.54) is 16.7 Å². The van der Waals surface area contributed by atoms with E-state index in [1.54, 1.807) is 6.26 Å². The summed E-state index contributed by atoms with van der Waals surface area (Å²) in [4.78, 5) is 0. The first-order valence-corrected chi connectivity index (χ1v) is 14.3. The number of aliphatic hydroxyl groups excluding tert-OH is 3. The van der Waals surface area contributed by atoms with Gasteiger partial charge in [-0.1, -0.05) is 32.9 Å². The fourth-order valence-electron chi connectivity index (χ4n) is 5.73. The second-order valence-corrected chi connectivity index (χ2v) is 16.1. The molecular formula is C25H34O5Si. The molecular weight excluding hydrogens is 408 g/mol. The maximum absolute atomic E-state index is 11.1. The fraction of sp³-hybridized carbons (Fsp3) is 0.600. The molecule has 0 saturated heterocycles. The predicted molar refractivity (Wildman–Crippen MR) is 121 cm³/mol. The third kappa shape index (κ3) is 2.75. The zero-order chi connectivity index (χ0) is 22.5. The van der Waals surface area contributed by atoms with Crippen molar-refractivity contribution in [3.8, 4) is 0 Å². The Morgan fingerprint density at radius 3 is 2.48 bits per heavy atom. The Kier molecular flexibility index (Phi) is 4.52. The Morgan fingerprint density at radius 2 is 1.81 bits per heavy atom. The molecule has 0 radical (unpaired) electrons. The van der Waals surface area contributed by atoms with E-state index in [0.29, 0.717) is 12.0 Å². The van der Waals surface area contributed by atoms with Gasteiger partial charge < -0.3 is 24.2 Å². The van der Waals surface area contributed by atoms with Crippen molar-refractivity contribution in [1.82, 2.24) is 0 Å². The van der Waals surface area contributed by atoms with Crippen LogP contribution >= 0.6 is 0 Å². The van der Waals surface area contributed by atoms with Gasteiger partial charge in [0.1, 0.15) is 18.0 Å². The van der Waals surface area contributed by atoms with Crippen molar-refractivity contribution in [3.63, 3.8) is 0 Å². The van der Waals surface area contributed by atoms with E-state index in [4.69, 9.17) is 8.84 Å². The van der Waals surface area contributed by atoms with E-state index in [2.05, 4.69) is 46.0 Å². The molecule has 5 atom stereocenters. The van der Waals surface area contributed by atoms with Crippen molar-refractivity contribution in [2.24, 2.45) is 0 Å². The van der Waals surface area contributed by atoms with Gasteiger partial charge in [0.15, 0.2) is 8.32 Å². The van der Waals surface area contributed by atoms with Gasteiger partial charge in [-0.25, -0.2) is 0 Å². The molecule has 0 aliphatic heterocycles. The van der Waals surface area contributed by atoms with Crippen LogP contribution in [0, 0.1) is 0 Å². The average molecular weight is 443 g/mol. The van der Waals surface area contributed by atoms with E-state index in [9.17, 15) is 15.3 Å². The Morgan fingerprint density at radius 1 is 1.10 bits per heavy atom. The molecule has 1 aromatic carbocycles. The molecule has 5 rings (SSSR count). The number of furan rings is 1. The molecule has 1 unspecified atom stereocenters. The highest BCUT2D eigenvalue weighted by molar-refractivity contribution is 6.74. The molecule has 3 aliphatic carbocycles. The Labute approximate surface area is 185 Å². The van der Waals surface area contributed by atoms with Crippen LogP contribution in [0.5, 0.6) is 0 Å². The summed E-state index contributed by atoms with van der Waals surface area (Å²) in [6.07, 6.45) is 0.720. The number of benzene rings is 1. The minimum Gasteiger partial charge on any atom is -0.468 e. The average Bonchev–Trinajstić information content (AvgIpc) is 3.29. The molecule has 2 aromatic rings. The fourth-order valence-corrected chi connectivity index (χ4v) is 7.04. The normalized spacial score (nSPS) is 31.9. The maximum Gasteiger partial charge on any atom is 0.192 e. The molecule has 1 heterocycles. The van der Waals surface area contributed by atoms with Crippen molar-refractivity contribution in [1.29, 1.82) is 0 Å². The molecule has 3 N–H and O–H groups in total. The highest BCUT2D eigenvalue weighted by Gasteiger charge is 2.55. The van der Waals surface area contributed by atoms with Crippen LogP contribution in [-0.2, 0) is 22.7 Å². The Bertz CT molecular complexity index is 1050. The van der Waals surface area contributed by atoms with Gasteiger partial charge in [0.05, 0.1) is 23.9 Å². The van der Waals surface area contributed by atoms with Gasteiger partial charge in [0.25, 0.3) is 0 Å². The highest BCUT2D eigenvalue weighted by atomic mass is 28.4. The lowest BCUT2D eigenvalue weighted by Gasteiger charge is -2.47. The van der Waals surface area contributed by atoms with E-state index >= 15 is 0 Å². The first kappa shape index (κ1) is 21.4. The Balaban J connectivity index is 1.61. The zero-order valence-electron chi connectivity index (χ0n) is 19.3. The molecule has 0 spiro atoms. The number of rotatable bonds is 2. The van der Waals surface area contributed by atoms with Crippen molar-refractivity contribution < 1.29 is 24.2 Å². The van der Waals surface area contributed by atoms with Gasteiger partial charge in [-0.15, -0.1) is 0 Å². The summed E-state index contributed by atoms with van der Waals surface area (Å²) < 4.78 is 12.7. The molecule has 31 heavy (non-hydrogen) atoms. The maximum atomic E-state index is 11.1. The van der Waals surface area contributed by atoms with Crippen molar-refractivity contribution >= 4 is 8.32 Å². The van der Waals surface area contributed by atoms with Gasteiger partial charge in [-0.05, 0) is 60.2 Å². The van der Waals surface area contributed by atoms with Gasteiger partial charge >= 0.3 is 0 Å². The molecule has 0 bridgehead atoms. The number of fused-ring (bicyclic) bond motifs is 4.